The molecule has 1 aliphatic heterocycles. The number of nitrogens with zero attached hydrogens (tertiary/aromatic N) is 1. The molecule has 6 aliphatic rings. The zero-order valence-electron chi connectivity index (χ0n) is 13.9. The van der Waals surface area contributed by atoms with Gasteiger partial charge in [-0.25, -0.2) is 0 Å². The van der Waals surface area contributed by atoms with E-state index < -0.39 is 0 Å². The van der Waals surface area contributed by atoms with E-state index in [2.05, 4.69) is 19.7 Å². The Balaban J connectivity index is 1.66. The van der Waals surface area contributed by atoms with E-state index in [1.54, 1.807) is 0 Å². The van der Waals surface area contributed by atoms with E-state index in [-0.39, 0.29) is 11.5 Å². The Bertz CT molecular complexity index is 568. The number of aliphatic imine (C=N–C) groups is 1. The second kappa shape index (κ2) is 4.06. The summed E-state index contributed by atoms with van der Waals surface area (Å²) in [5, 5.41) is 11.1. The van der Waals surface area contributed by atoms with Crippen LogP contribution in [0.25, 0.3) is 0 Å². The fourth-order valence-electron chi connectivity index (χ4n) is 7.80. The largest absolute Gasteiger partial charge is 0.388 e. The molecule has 0 saturated heterocycles. The van der Waals surface area contributed by atoms with Gasteiger partial charge in [0.15, 0.2) is 0 Å². The van der Waals surface area contributed by atoms with Crippen LogP contribution in [-0.4, -0.2) is 24.0 Å². The minimum Gasteiger partial charge on any atom is -0.388 e. The van der Waals surface area contributed by atoms with Crippen LogP contribution in [0.5, 0.6) is 0 Å². The highest BCUT2D eigenvalue weighted by Crippen LogP contribution is 2.72. The highest BCUT2D eigenvalue weighted by Gasteiger charge is 2.68. The Morgan fingerprint density at radius 2 is 2.00 bits per heavy atom. The van der Waals surface area contributed by atoms with Gasteiger partial charge in [0, 0.05) is 23.6 Å². The molecule has 1 spiro atoms. The predicted molar refractivity (Wildman–Crippen MR) is 88.9 cm³/mol. The summed E-state index contributed by atoms with van der Waals surface area (Å²) in [6.45, 7) is 7.81. The normalized spacial score (nSPS) is 59.1. The lowest BCUT2D eigenvalue weighted by Gasteiger charge is -2.70. The monoisotopic (exact) mass is 299 g/mol. The van der Waals surface area contributed by atoms with Crippen molar-refractivity contribution in [2.75, 3.05) is 6.54 Å². The third-order valence-electron chi connectivity index (χ3n) is 8.77. The standard InChI is InChI=1S/C20H29NO/c1-13-14-4-8-19(17(13)22)9-5-15-18(2)6-3-7-20(15,12-21-11-18)16(19)10-14/h12,14-17,22H,1,3-11H2,2H3/t14-,15-,16+,17+,18-,19-,20+/m1/s1. The molecule has 5 saturated carbocycles. The van der Waals surface area contributed by atoms with Crippen LogP contribution in [0.15, 0.2) is 17.1 Å². The van der Waals surface area contributed by atoms with Crippen molar-refractivity contribution in [3.8, 4) is 0 Å². The molecule has 4 bridgehead atoms. The molecule has 0 amide bonds. The van der Waals surface area contributed by atoms with Crippen molar-refractivity contribution in [1.29, 1.82) is 0 Å². The van der Waals surface area contributed by atoms with E-state index in [1.807, 2.05) is 0 Å². The lowest BCUT2D eigenvalue weighted by atomic mass is 9.35. The zero-order chi connectivity index (χ0) is 15.2. The Morgan fingerprint density at radius 1 is 1.18 bits per heavy atom. The summed E-state index contributed by atoms with van der Waals surface area (Å²) in [5.74, 6) is 2.03. The third kappa shape index (κ3) is 1.36. The minimum atomic E-state index is -0.246. The predicted octanol–water partition coefficient (Wildman–Crippen LogP) is 3.99. The number of hydrogen-bond acceptors (Lipinski definition) is 2. The Labute approximate surface area is 134 Å². The van der Waals surface area contributed by atoms with Crippen LogP contribution in [0.3, 0.4) is 0 Å². The first-order chi connectivity index (χ1) is 10.5. The molecule has 2 heteroatoms. The molecular weight excluding hydrogens is 270 g/mol. The fourth-order valence-corrected chi connectivity index (χ4v) is 7.80. The lowest BCUT2D eigenvalue weighted by molar-refractivity contribution is -0.185. The van der Waals surface area contributed by atoms with Gasteiger partial charge in [0.1, 0.15) is 0 Å². The Morgan fingerprint density at radius 3 is 2.86 bits per heavy atom. The van der Waals surface area contributed by atoms with Gasteiger partial charge >= 0.3 is 0 Å². The van der Waals surface area contributed by atoms with E-state index >= 15 is 0 Å². The SMILES string of the molecule is C=C1[C@@H]2CC[C@]3(CC[C@@H]4[C@]5(C)CCC[C@@]4(C=NC5)[C@H]3C2)[C@H]1O. The molecule has 22 heavy (non-hydrogen) atoms. The van der Waals surface area contributed by atoms with Gasteiger partial charge in [-0.05, 0) is 73.7 Å². The molecule has 0 unspecified atom stereocenters. The van der Waals surface area contributed by atoms with Crippen molar-refractivity contribution in [2.45, 2.75) is 64.4 Å². The number of rotatable bonds is 0. The third-order valence-corrected chi connectivity index (χ3v) is 8.77. The van der Waals surface area contributed by atoms with Crippen LogP contribution < -0.4 is 0 Å². The van der Waals surface area contributed by atoms with Gasteiger partial charge in [-0.2, -0.15) is 0 Å². The van der Waals surface area contributed by atoms with Crippen molar-refractivity contribution in [3.63, 3.8) is 0 Å². The van der Waals surface area contributed by atoms with E-state index in [0.29, 0.717) is 22.7 Å². The molecular formula is C20H29NO. The van der Waals surface area contributed by atoms with Crippen LogP contribution in [0.4, 0.5) is 0 Å². The molecule has 1 heterocycles. The number of hydrogen-bond donors (Lipinski definition) is 1. The van der Waals surface area contributed by atoms with Gasteiger partial charge in [0.05, 0.1) is 6.10 Å². The first kappa shape index (κ1) is 13.8. The van der Waals surface area contributed by atoms with E-state index in [0.717, 1.165) is 18.0 Å². The molecule has 0 aromatic carbocycles. The second-order valence-corrected chi connectivity index (χ2v) is 9.42. The van der Waals surface area contributed by atoms with Gasteiger partial charge in [-0.15, -0.1) is 0 Å². The molecule has 2 nitrogen and oxygen atoms in total. The summed E-state index contributed by atoms with van der Waals surface area (Å²) in [6, 6.07) is 0. The molecule has 120 valence electrons. The highest BCUT2D eigenvalue weighted by molar-refractivity contribution is 5.70. The number of fused-ring (bicyclic) bond motifs is 2. The van der Waals surface area contributed by atoms with Crippen LogP contribution in [-0.2, 0) is 0 Å². The van der Waals surface area contributed by atoms with Crippen LogP contribution in [0.1, 0.15) is 58.3 Å². The Hall–Kier alpha value is -0.630. The highest BCUT2D eigenvalue weighted by atomic mass is 16.3. The van der Waals surface area contributed by atoms with Crippen LogP contribution in [0, 0.1) is 34.0 Å². The summed E-state index contributed by atoms with van der Waals surface area (Å²) < 4.78 is 0. The average molecular weight is 299 g/mol. The van der Waals surface area contributed by atoms with Crippen LogP contribution in [0.2, 0.25) is 0 Å². The molecule has 1 N–H and O–H groups in total. The van der Waals surface area contributed by atoms with Crippen molar-refractivity contribution in [1.82, 2.24) is 0 Å². The van der Waals surface area contributed by atoms with Gasteiger partial charge in [0.2, 0.25) is 0 Å². The van der Waals surface area contributed by atoms with Crippen molar-refractivity contribution in [2.24, 2.45) is 39.0 Å². The summed E-state index contributed by atoms with van der Waals surface area (Å²) >= 11 is 0. The quantitative estimate of drug-likeness (QED) is 0.674. The smallest absolute Gasteiger partial charge is 0.0809 e. The fraction of sp³-hybridized carbons (Fsp3) is 0.850. The van der Waals surface area contributed by atoms with E-state index in [4.69, 9.17) is 4.99 Å². The van der Waals surface area contributed by atoms with E-state index in [1.165, 1.54) is 51.4 Å². The molecule has 0 radical (unpaired) electrons. The Kier molecular flexibility index (Phi) is 2.54. The van der Waals surface area contributed by atoms with E-state index in [9.17, 15) is 5.11 Å². The van der Waals surface area contributed by atoms with Crippen molar-refractivity contribution < 1.29 is 5.11 Å². The summed E-state index contributed by atoms with van der Waals surface area (Å²) in [5.41, 5.74) is 2.00. The average Bonchev–Trinajstić information content (AvgIpc) is 2.50. The molecule has 0 aromatic heterocycles. The van der Waals surface area contributed by atoms with Gasteiger partial charge in [-0.1, -0.05) is 19.9 Å². The van der Waals surface area contributed by atoms with Gasteiger partial charge < -0.3 is 5.11 Å². The minimum absolute atomic E-state index is 0.129. The van der Waals surface area contributed by atoms with Gasteiger partial charge in [-0.3, -0.25) is 4.99 Å². The first-order valence-corrected chi connectivity index (χ1v) is 9.40. The molecule has 6 rings (SSSR count). The second-order valence-electron chi connectivity index (χ2n) is 9.42. The number of aliphatic hydroxyl groups is 1. The summed E-state index contributed by atoms with van der Waals surface area (Å²) in [4.78, 5) is 4.89. The first-order valence-electron chi connectivity index (χ1n) is 9.40. The number of aliphatic hydroxyl groups excluding tert-OH is 1. The van der Waals surface area contributed by atoms with Crippen LogP contribution >= 0.6 is 0 Å². The molecule has 7 atom stereocenters. The molecule has 5 aliphatic carbocycles. The maximum Gasteiger partial charge on any atom is 0.0809 e. The summed E-state index contributed by atoms with van der Waals surface area (Å²) in [7, 11) is 0. The van der Waals surface area contributed by atoms with Crippen molar-refractivity contribution in [3.05, 3.63) is 12.2 Å². The zero-order valence-corrected chi connectivity index (χ0v) is 13.9. The maximum atomic E-state index is 11.1. The topological polar surface area (TPSA) is 32.6 Å². The summed E-state index contributed by atoms with van der Waals surface area (Å²) in [6.07, 6.45) is 12.5. The maximum absolute atomic E-state index is 11.1. The van der Waals surface area contributed by atoms with Crippen molar-refractivity contribution >= 4 is 6.21 Å². The lowest BCUT2D eigenvalue weighted by Crippen LogP contribution is -2.66. The molecule has 5 fully saturated rings. The molecule has 0 aromatic rings. The van der Waals surface area contributed by atoms with Gasteiger partial charge in [0.25, 0.3) is 0 Å².